The highest BCUT2D eigenvalue weighted by Gasteiger charge is 1.97. The van der Waals surface area contributed by atoms with Crippen molar-refractivity contribution in [2.45, 2.75) is 0 Å². The molecule has 0 spiro atoms. The zero-order valence-corrected chi connectivity index (χ0v) is 8.82. The fourth-order valence-electron chi connectivity index (χ4n) is 1.04. The molecule has 0 aliphatic carbocycles. The number of para-hydroxylation sites is 1. The summed E-state index contributed by atoms with van der Waals surface area (Å²) >= 11 is 2.33. The van der Waals surface area contributed by atoms with E-state index in [4.69, 9.17) is 0 Å². The predicted molar refractivity (Wildman–Crippen MR) is 57.5 cm³/mol. The van der Waals surface area contributed by atoms with Gasteiger partial charge in [-0.05, 0) is 28.1 Å². The molecular weight excluding hydrogens is 270 g/mol. The minimum atomic E-state index is 0.684. The molecular formula is C7H6IN2P. The number of rotatable bonds is 1. The smallest absolute Gasteiger partial charge is 0.0729 e. The van der Waals surface area contributed by atoms with Crippen molar-refractivity contribution in [3.05, 3.63) is 30.5 Å². The van der Waals surface area contributed by atoms with Gasteiger partial charge >= 0.3 is 0 Å². The third-order valence-electron chi connectivity index (χ3n) is 1.56. The molecule has 0 aliphatic heterocycles. The topological polar surface area (TPSA) is 17.8 Å². The molecule has 2 aromatic rings. The second-order valence-corrected chi connectivity index (χ2v) is 4.24. The monoisotopic (exact) mass is 276 g/mol. The summed E-state index contributed by atoms with van der Waals surface area (Å²) in [5.74, 6) is 0. The van der Waals surface area contributed by atoms with Crippen LogP contribution in [0.4, 0.5) is 0 Å². The number of hydrogen-bond acceptors (Lipinski definition) is 1. The minimum absolute atomic E-state index is 0.684. The first-order valence-electron chi connectivity index (χ1n) is 3.21. The van der Waals surface area contributed by atoms with Crippen LogP contribution in [0.2, 0.25) is 0 Å². The van der Waals surface area contributed by atoms with Crippen molar-refractivity contribution < 1.29 is 0 Å². The van der Waals surface area contributed by atoms with Crippen LogP contribution in [0.3, 0.4) is 0 Å². The van der Waals surface area contributed by atoms with Crippen LogP contribution in [0.15, 0.2) is 30.5 Å². The maximum Gasteiger partial charge on any atom is 0.0729 e. The highest BCUT2D eigenvalue weighted by atomic mass is 127. The van der Waals surface area contributed by atoms with Gasteiger partial charge in [0.25, 0.3) is 0 Å². The van der Waals surface area contributed by atoms with Crippen LogP contribution in [-0.2, 0) is 0 Å². The summed E-state index contributed by atoms with van der Waals surface area (Å²) in [7, 11) is 0. The summed E-state index contributed by atoms with van der Waals surface area (Å²) in [4.78, 5) is 0. The van der Waals surface area contributed by atoms with Crippen LogP contribution in [0.1, 0.15) is 0 Å². The van der Waals surface area contributed by atoms with Crippen molar-refractivity contribution in [3.63, 3.8) is 0 Å². The van der Waals surface area contributed by atoms with E-state index < -0.39 is 0 Å². The Hall–Kier alpha value is -0.150. The SMILES string of the molecule is IPn1ncc2ccccc21. The third kappa shape index (κ3) is 1.27. The third-order valence-corrected chi connectivity index (χ3v) is 3.44. The molecule has 11 heavy (non-hydrogen) atoms. The summed E-state index contributed by atoms with van der Waals surface area (Å²) < 4.78 is 2.01. The first-order chi connectivity index (χ1) is 5.42. The molecule has 0 amide bonds. The number of halogens is 1. The first-order valence-corrected chi connectivity index (χ1v) is 7.27. The maximum atomic E-state index is 4.24. The van der Waals surface area contributed by atoms with Crippen LogP contribution >= 0.6 is 28.4 Å². The average Bonchev–Trinajstić information content (AvgIpc) is 2.47. The summed E-state index contributed by atoms with van der Waals surface area (Å²) in [5, 5.41) is 5.45. The fraction of sp³-hybridized carbons (Fsp3) is 0. The molecule has 1 aromatic heterocycles. The second kappa shape index (κ2) is 3.07. The van der Waals surface area contributed by atoms with E-state index in [-0.39, 0.29) is 0 Å². The lowest BCUT2D eigenvalue weighted by atomic mass is 10.3. The number of benzene rings is 1. The van der Waals surface area contributed by atoms with Gasteiger partial charge in [-0.15, -0.1) is 0 Å². The van der Waals surface area contributed by atoms with E-state index >= 15 is 0 Å². The Morgan fingerprint density at radius 1 is 1.36 bits per heavy atom. The number of hydrogen-bond donors (Lipinski definition) is 0. The molecule has 0 aliphatic rings. The van der Waals surface area contributed by atoms with Gasteiger partial charge in [0.2, 0.25) is 0 Å². The van der Waals surface area contributed by atoms with Gasteiger partial charge in [-0.1, -0.05) is 18.2 Å². The van der Waals surface area contributed by atoms with Crippen molar-refractivity contribution in [1.29, 1.82) is 0 Å². The molecule has 1 aromatic carbocycles. The Kier molecular flexibility index (Phi) is 2.09. The van der Waals surface area contributed by atoms with Gasteiger partial charge in [0.1, 0.15) is 0 Å². The number of nitrogens with zero attached hydrogens (tertiary/aromatic N) is 2. The van der Waals surface area contributed by atoms with Crippen LogP contribution in [0.25, 0.3) is 10.9 Å². The molecule has 1 heterocycles. The molecule has 0 radical (unpaired) electrons. The molecule has 4 heteroatoms. The Morgan fingerprint density at radius 2 is 2.18 bits per heavy atom. The predicted octanol–water partition coefficient (Wildman–Crippen LogP) is 2.83. The van der Waals surface area contributed by atoms with Gasteiger partial charge < -0.3 is 0 Å². The van der Waals surface area contributed by atoms with Crippen LogP contribution in [-0.4, -0.2) is 9.55 Å². The molecule has 0 saturated carbocycles. The van der Waals surface area contributed by atoms with E-state index in [1.54, 1.807) is 0 Å². The lowest BCUT2D eigenvalue weighted by molar-refractivity contribution is 1.04. The lowest BCUT2D eigenvalue weighted by Crippen LogP contribution is -1.80. The highest BCUT2D eigenvalue weighted by Crippen LogP contribution is 2.27. The van der Waals surface area contributed by atoms with Crippen LogP contribution in [0, 0.1) is 0 Å². The lowest BCUT2D eigenvalue weighted by Gasteiger charge is -1.94. The molecule has 2 rings (SSSR count). The van der Waals surface area contributed by atoms with E-state index in [0.29, 0.717) is 6.37 Å². The Morgan fingerprint density at radius 3 is 3.00 bits per heavy atom. The second-order valence-electron chi connectivity index (χ2n) is 2.20. The zero-order valence-electron chi connectivity index (χ0n) is 5.66. The molecule has 1 atom stereocenters. The quantitative estimate of drug-likeness (QED) is 0.578. The van der Waals surface area contributed by atoms with Gasteiger partial charge in [-0.3, -0.25) is 0 Å². The maximum absolute atomic E-state index is 4.24. The van der Waals surface area contributed by atoms with Crippen LogP contribution in [0.5, 0.6) is 0 Å². The van der Waals surface area contributed by atoms with Crippen molar-refractivity contribution in [2.24, 2.45) is 0 Å². The summed E-state index contributed by atoms with van der Waals surface area (Å²) in [5.41, 5.74) is 1.22. The highest BCUT2D eigenvalue weighted by molar-refractivity contribution is 14.2. The Labute approximate surface area is 79.3 Å². The zero-order chi connectivity index (χ0) is 7.68. The van der Waals surface area contributed by atoms with E-state index in [9.17, 15) is 0 Å². The van der Waals surface area contributed by atoms with E-state index in [0.717, 1.165) is 0 Å². The summed E-state index contributed by atoms with van der Waals surface area (Å²) in [6, 6.07) is 8.24. The van der Waals surface area contributed by atoms with Crippen molar-refractivity contribution >= 4 is 39.3 Å². The molecule has 0 fully saturated rings. The van der Waals surface area contributed by atoms with Crippen molar-refractivity contribution in [3.8, 4) is 0 Å². The van der Waals surface area contributed by atoms with Gasteiger partial charge in [0.05, 0.1) is 18.1 Å². The molecule has 56 valence electrons. The van der Waals surface area contributed by atoms with E-state index in [1.165, 1.54) is 10.9 Å². The van der Waals surface area contributed by atoms with Crippen molar-refractivity contribution in [1.82, 2.24) is 9.55 Å². The normalized spacial score (nSPS) is 11.7. The minimum Gasteiger partial charge on any atom is -0.237 e. The molecule has 0 bridgehead atoms. The van der Waals surface area contributed by atoms with Crippen molar-refractivity contribution in [2.75, 3.05) is 0 Å². The molecule has 1 unspecified atom stereocenters. The van der Waals surface area contributed by atoms with Gasteiger partial charge in [-0.25, -0.2) is 4.45 Å². The molecule has 0 N–H and O–H groups in total. The van der Waals surface area contributed by atoms with Gasteiger partial charge in [0.15, 0.2) is 0 Å². The van der Waals surface area contributed by atoms with E-state index in [1.807, 2.05) is 22.8 Å². The standard InChI is InChI=1S/C7H6IN2P/c8-11-10-7-4-2-1-3-6(7)5-9-10/h1-5,11H. The fourth-order valence-corrected chi connectivity index (χ4v) is 2.59. The Bertz CT molecular complexity index is 371. The summed E-state index contributed by atoms with van der Waals surface area (Å²) in [6.07, 6.45) is 2.59. The Balaban J connectivity index is 2.76. The summed E-state index contributed by atoms with van der Waals surface area (Å²) in [6.45, 7) is 0. The molecule has 0 saturated heterocycles. The number of aromatic nitrogens is 2. The number of fused-ring (bicyclic) bond motifs is 1. The molecule has 2 nitrogen and oxygen atoms in total. The van der Waals surface area contributed by atoms with Crippen LogP contribution < -0.4 is 0 Å². The first kappa shape index (κ1) is 7.50. The van der Waals surface area contributed by atoms with Gasteiger partial charge in [0, 0.05) is 5.39 Å². The van der Waals surface area contributed by atoms with Gasteiger partial charge in [-0.2, -0.15) is 5.10 Å². The largest absolute Gasteiger partial charge is 0.237 e. The van der Waals surface area contributed by atoms with E-state index in [2.05, 4.69) is 39.3 Å². The average molecular weight is 276 g/mol.